The maximum Gasteiger partial charge on any atom is 0.258 e. The largest absolute Gasteiger partial charge is 0.377 e. The second kappa shape index (κ2) is 8.12. The molecule has 2 N–H and O–H groups in total. The van der Waals surface area contributed by atoms with E-state index in [2.05, 4.69) is 10.0 Å². The Balaban J connectivity index is 1.71. The van der Waals surface area contributed by atoms with Crippen molar-refractivity contribution in [3.05, 3.63) is 59.7 Å². The molecule has 0 saturated carbocycles. The van der Waals surface area contributed by atoms with E-state index in [-0.39, 0.29) is 28.8 Å². The molecule has 27 heavy (non-hydrogen) atoms. The van der Waals surface area contributed by atoms with Crippen molar-refractivity contribution in [2.45, 2.75) is 23.8 Å². The summed E-state index contributed by atoms with van der Waals surface area (Å²) in [6.45, 7) is 0.702. The molecule has 3 rings (SSSR count). The van der Waals surface area contributed by atoms with Gasteiger partial charge in [-0.25, -0.2) is 21.9 Å². The maximum atomic E-state index is 14.3. The Morgan fingerprint density at radius 2 is 1.93 bits per heavy atom. The number of nitrogens with one attached hydrogen (secondary N) is 2. The predicted octanol–water partition coefficient (Wildman–Crippen LogP) is 2.67. The van der Waals surface area contributed by atoms with E-state index in [0.29, 0.717) is 6.61 Å². The number of sulfonamides is 1. The molecule has 9 heteroatoms. The highest BCUT2D eigenvalue weighted by atomic mass is 32.2. The molecule has 1 atom stereocenters. The summed E-state index contributed by atoms with van der Waals surface area (Å²) in [7, 11) is -3.92. The van der Waals surface area contributed by atoms with E-state index >= 15 is 0 Å². The van der Waals surface area contributed by atoms with E-state index < -0.39 is 27.6 Å². The average Bonchev–Trinajstić information content (AvgIpc) is 3.15. The lowest BCUT2D eigenvalue weighted by molar-refractivity contribution is 0.102. The lowest BCUT2D eigenvalue weighted by Crippen LogP contribution is -2.31. The van der Waals surface area contributed by atoms with Crippen LogP contribution >= 0.6 is 0 Å². The van der Waals surface area contributed by atoms with Crippen LogP contribution in [0, 0.1) is 11.6 Å². The normalized spacial score (nSPS) is 17.0. The lowest BCUT2D eigenvalue weighted by Gasteiger charge is -2.12. The molecular weight excluding hydrogens is 378 g/mol. The van der Waals surface area contributed by atoms with Crippen molar-refractivity contribution in [1.82, 2.24) is 4.72 Å². The van der Waals surface area contributed by atoms with Gasteiger partial charge in [0.1, 0.15) is 11.6 Å². The highest BCUT2D eigenvalue weighted by Crippen LogP contribution is 2.21. The van der Waals surface area contributed by atoms with Gasteiger partial charge < -0.3 is 10.1 Å². The lowest BCUT2D eigenvalue weighted by atomic mass is 10.2. The zero-order valence-electron chi connectivity index (χ0n) is 14.2. The Hall–Kier alpha value is -2.36. The molecular formula is C18H18F2N2O4S. The highest BCUT2D eigenvalue weighted by molar-refractivity contribution is 7.89. The SMILES string of the molecule is O=C(Nc1ccc(S(=O)(=O)NCC2CCCO2)cc1F)c1ccccc1F. The number of benzene rings is 2. The van der Waals surface area contributed by atoms with Crippen molar-refractivity contribution in [3.63, 3.8) is 0 Å². The zero-order chi connectivity index (χ0) is 19.4. The van der Waals surface area contributed by atoms with Crippen LogP contribution in [-0.4, -0.2) is 33.6 Å². The summed E-state index contributed by atoms with van der Waals surface area (Å²) in [5, 5.41) is 2.23. The number of carbonyl (C=O) groups excluding carboxylic acids is 1. The van der Waals surface area contributed by atoms with Crippen LogP contribution in [0.5, 0.6) is 0 Å². The molecule has 1 aliphatic rings. The first-order valence-corrected chi connectivity index (χ1v) is 9.82. The van der Waals surface area contributed by atoms with Crippen LogP contribution in [-0.2, 0) is 14.8 Å². The van der Waals surface area contributed by atoms with Crippen LogP contribution in [0.1, 0.15) is 23.2 Å². The minimum absolute atomic E-state index is 0.107. The molecule has 0 spiro atoms. The summed E-state index contributed by atoms with van der Waals surface area (Å²) in [5.74, 6) is -2.52. The van der Waals surface area contributed by atoms with Crippen LogP contribution in [0.4, 0.5) is 14.5 Å². The number of halogens is 2. The van der Waals surface area contributed by atoms with Gasteiger partial charge in [0.15, 0.2) is 0 Å². The monoisotopic (exact) mass is 396 g/mol. The molecule has 0 aliphatic carbocycles. The zero-order valence-corrected chi connectivity index (χ0v) is 15.1. The molecule has 0 radical (unpaired) electrons. The van der Waals surface area contributed by atoms with Crippen molar-refractivity contribution >= 4 is 21.6 Å². The third-order valence-corrected chi connectivity index (χ3v) is 5.56. The Morgan fingerprint density at radius 1 is 1.15 bits per heavy atom. The van der Waals surface area contributed by atoms with Crippen LogP contribution < -0.4 is 10.0 Å². The second-order valence-electron chi connectivity index (χ2n) is 6.06. The minimum Gasteiger partial charge on any atom is -0.377 e. The van der Waals surface area contributed by atoms with E-state index in [1.165, 1.54) is 18.2 Å². The van der Waals surface area contributed by atoms with Crippen molar-refractivity contribution in [2.24, 2.45) is 0 Å². The summed E-state index contributed by atoms with van der Waals surface area (Å²) in [5.41, 5.74) is -0.492. The van der Waals surface area contributed by atoms with Crippen LogP contribution in [0.3, 0.4) is 0 Å². The molecule has 1 amide bonds. The molecule has 2 aromatic carbocycles. The minimum atomic E-state index is -3.92. The summed E-state index contributed by atoms with van der Waals surface area (Å²) in [6.07, 6.45) is 1.44. The van der Waals surface area contributed by atoms with E-state index in [9.17, 15) is 22.0 Å². The van der Waals surface area contributed by atoms with E-state index in [1.54, 1.807) is 0 Å². The Kier molecular flexibility index (Phi) is 5.83. The van der Waals surface area contributed by atoms with Gasteiger partial charge in [0, 0.05) is 13.2 Å². The fraction of sp³-hybridized carbons (Fsp3) is 0.278. The molecule has 1 heterocycles. The van der Waals surface area contributed by atoms with Crippen molar-refractivity contribution in [3.8, 4) is 0 Å². The van der Waals surface area contributed by atoms with Crippen molar-refractivity contribution in [2.75, 3.05) is 18.5 Å². The van der Waals surface area contributed by atoms with Gasteiger partial charge in [-0.3, -0.25) is 4.79 Å². The fourth-order valence-corrected chi connectivity index (χ4v) is 3.77. The van der Waals surface area contributed by atoms with Gasteiger partial charge in [-0.15, -0.1) is 0 Å². The Labute approximate surface area is 155 Å². The van der Waals surface area contributed by atoms with Crippen LogP contribution in [0.15, 0.2) is 47.4 Å². The van der Waals surface area contributed by atoms with Gasteiger partial charge in [0.25, 0.3) is 5.91 Å². The number of hydrogen-bond acceptors (Lipinski definition) is 4. The molecule has 0 aromatic heterocycles. The molecule has 1 unspecified atom stereocenters. The average molecular weight is 396 g/mol. The van der Waals surface area contributed by atoms with Gasteiger partial charge in [-0.1, -0.05) is 12.1 Å². The topological polar surface area (TPSA) is 84.5 Å². The number of hydrogen-bond donors (Lipinski definition) is 2. The first-order chi connectivity index (χ1) is 12.9. The number of anilines is 1. The smallest absolute Gasteiger partial charge is 0.258 e. The first-order valence-electron chi connectivity index (χ1n) is 8.33. The third kappa shape index (κ3) is 4.68. The van der Waals surface area contributed by atoms with E-state index in [0.717, 1.165) is 37.1 Å². The summed E-state index contributed by atoms with van der Waals surface area (Å²) < 4.78 is 60.2. The Bertz CT molecular complexity index is 944. The number of ether oxygens (including phenoxy) is 1. The summed E-state index contributed by atoms with van der Waals surface area (Å²) in [4.78, 5) is 11.8. The quantitative estimate of drug-likeness (QED) is 0.786. The molecule has 1 saturated heterocycles. The fourth-order valence-electron chi connectivity index (χ4n) is 2.69. The second-order valence-corrected chi connectivity index (χ2v) is 7.83. The molecule has 144 valence electrons. The Morgan fingerprint density at radius 3 is 2.59 bits per heavy atom. The maximum absolute atomic E-state index is 14.3. The van der Waals surface area contributed by atoms with Crippen LogP contribution in [0.2, 0.25) is 0 Å². The van der Waals surface area contributed by atoms with Gasteiger partial charge in [-0.05, 0) is 43.2 Å². The number of rotatable bonds is 6. The van der Waals surface area contributed by atoms with Gasteiger partial charge in [-0.2, -0.15) is 0 Å². The molecule has 0 bridgehead atoms. The summed E-state index contributed by atoms with van der Waals surface area (Å²) >= 11 is 0. The van der Waals surface area contributed by atoms with E-state index in [4.69, 9.17) is 4.74 Å². The van der Waals surface area contributed by atoms with Crippen LogP contribution in [0.25, 0.3) is 0 Å². The van der Waals surface area contributed by atoms with Gasteiger partial charge in [0.05, 0.1) is 22.3 Å². The highest BCUT2D eigenvalue weighted by Gasteiger charge is 2.22. The van der Waals surface area contributed by atoms with Crippen molar-refractivity contribution < 1.29 is 26.7 Å². The molecule has 2 aromatic rings. The van der Waals surface area contributed by atoms with E-state index in [1.807, 2.05) is 0 Å². The first kappa shape index (κ1) is 19.4. The third-order valence-electron chi connectivity index (χ3n) is 4.14. The standard InChI is InChI=1S/C18H18F2N2O4S/c19-15-6-2-1-5-14(15)18(23)22-17-8-7-13(10-16(17)20)27(24,25)21-11-12-4-3-9-26-12/h1-2,5-8,10,12,21H,3-4,9,11H2,(H,22,23). The molecule has 1 aliphatic heterocycles. The molecule has 1 fully saturated rings. The number of carbonyl (C=O) groups is 1. The van der Waals surface area contributed by atoms with Gasteiger partial charge >= 0.3 is 0 Å². The van der Waals surface area contributed by atoms with Gasteiger partial charge in [0.2, 0.25) is 10.0 Å². The predicted molar refractivity (Wildman–Crippen MR) is 94.9 cm³/mol. The number of amides is 1. The summed E-state index contributed by atoms with van der Waals surface area (Å²) in [6, 6.07) is 8.36. The van der Waals surface area contributed by atoms with Crippen molar-refractivity contribution in [1.29, 1.82) is 0 Å². The molecule has 6 nitrogen and oxygen atoms in total.